The topological polar surface area (TPSA) is 87.7 Å². The highest BCUT2D eigenvalue weighted by Gasteiger charge is 2.29. The van der Waals surface area contributed by atoms with E-state index < -0.39 is 0 Å². The Hall–Kier alpha value is -1.76. The minimum atomic E-state index is -0.305. The summed E-state index contributed by atoms with van der Waals surface area (Å²) in [6.07, 6.45) is 3.39. The van der Waals surface area contributed by atoms with Crippen LogP contribution in [-0.2, 0) is 4.79 Å². The number of nitrogens with zero attached hydrogens (tertiary/aromatic N) is 2. The normalized spacial score (nSPS) is 14.7. The molecule has 0 spiro atoms. The second kappa shape index (κ2) is 4.16. The fraction of sp³-hybridized carbons (Fsp3) is 0.273. The monoisotopic (exact) mass is 308 g/mol. The molecule has 1 saturated carbocycles. The summed E-state index contributed by atoms with van der Waals surface area (Å²) in [5, 5.41) is 11.0. The number of pyridine rings is 1. The largest absolute Gasteiger partial charge is 0.326 e. The third-order valence-electron chi connectivity index (χ3n) is 2.80. The molecule has 1 amide bonds. The number of carbonyl (C=O) groups is 1. The van der Waals surface area contributed by atoms with Gasteiger partial charge in [-0.2, -0.15) is 0 Å². The highest BCUT2D eigenvalue weighted by molar-refractivity contribution is 9.10. The second-order valence-electron chi connectivity index (χ2n) is 4.22. The lowest BCUT2D eigenvalue weighted by Gasteiger charge is -2.04. The van der Waals surface area contributed by atoms with Gasteiger partial charge >= 0.3 is 0 Å². The van der Waals surface area contributed by atoms with Gasteiger partial charge < -0.3 is 10.3 Å². The number of anilines is 1. The predicted molar refractivity (Wildman–Crippen MR) is 69.2 cm³/mol. The van der Waals surface area contributed by atoms with Crippen molar-refractivity contribution >= 4 is 38.6 Å². The number of carbonyl (C=O) groups excluding carboxylic acids is 1. The molecule has 6 nitrogen and oxygen atoms in total. The van der Waals surface area contributed by atoms with E-state index in [9.17, 15) is 9.59 Å². The summed E-state index contributed by atoms with van der Waals surface area (Å²) in [4.78, 5) is 25.7. The number of H-pyrrole nitrogens is 1. The zero-order chi connectivity index (χ0) is 12.7. The van der Waals surface area contributed by atoms with E-state index in [4.69, 9.17) is 0 Å². The van der Waals surface area contributed by atoms with Crippen molar-refractivity contribution in [3.8, 4) is 0 Å². The maximum Gasteiger partial charge on any atom is 0.276 e. The van der Waals surface area contributed by atoms with Crippen LogP contribution in [0, 0.1) is 5.92 Å². The standard InChI is InChI=1S/C11H9BrN4O2/c12-7-4-13-11(18)9-6(7)3-8(15-16-9)14-10(17)5-1-2-5/h3-5H,1-2H2,(H,13,18)(H,14,15,17). The number of rotatable bonds is 2. The van der Waals surface area contributed by atoms with E-state index in [1.165, 1.54) is 0 Å². The fourth-order valence-corrected chi connectivity index (χ4v) is 2.07. The van der Waals surface area contributed by atoms with E-state index >= 15 is 0 Å². The van der Waals surface area contributed by atoms with Crippen molar-refractivity contribution in [3.63, 3.8) is 0 Å². The molecule has 0 atom stereocenters. The molecule has 92 valence electrons. The molecule has 0 aliphatic heterocycles. The van der Waals surface area contributed by atoms with Crippen LogP contribution in [0.5, 0.6) is 0 Å². The Bertz CT molecular complexity index is 693. The highest BCUT2D eigenvalue weighted by atomic mass is 79.9. The van der Waals surface area contributed by atoms with Gasteiger partial charge in [-0.1, -0.05) is 0 Å². The van der Waals surface area contributed by atoms with Gasteiger partial charge in [0.2, 0.25) is 5.91 Å². The highest BCUT2D eigenvalue weighted by Crippen LogP contribution is 2.30. The molecule has 2 aromatic rings. The first-order valence-corrected chi connectivity index (χ1v) is 6.30. The number of amides is 1. The second-order valence-corrected chi connectivity index (χ2v) is 5.08. The SMILES string of the molecule is O=C(Nc1cc2c(Br)c[nH]c(=O)c2nn1)C1CC1. The third-order valence-corrected chi connectivity index (χ3v) is 3.45. The summed E-state index contributed by atoms with van der Waals surface area (Å²) < 4.78 is 0.703. The summed E-state index contributed by atoms with van der Waals surface area (Å²) in [5.74, 6) is 0.431. The van der Waals surface area contributed by atoms with E-state index in [1.807, 2.05) is 0 Å². The first-order valence-electron chi connectivity index (χ1n) is 5.50. The van der Waals surface area contributed by atoms with Crippen molar-refractivity contribution in [1.82, 2.24) is 15.2 Å². The molecule has 7 heteroatoms. The van der Waals surface area contributed by atoms with Crippen LogP contribution in [0.2, 0.25) is 0 Å². The molecule has 3 rings (SSSR count). The molecule has 1 aliphatic rings. The lowest BCUT2D eigenvalue weighted by Crippen LogP contribution is -2.16. The minimum absolute atomic E-state index is 0.0374. The van der Waals surface area contributed by atoms with Crippen LogP contribution < -0.4 is 10.9 Å². The molecule has 1 aliphatic carbocycles. The molecular formula is C11H9BrN4O2. The van der Waals surface area contributed by atoms with Crippen molar-refractivity contribution < 1.29 is 4.79 Å². The van der Waals surface area contributed by atoms with E-state index in [2.05, 4.69) is 36.4 Å². The zero-order valence-electron chi connectivity index (χ0n) is 9.24. The first-order chi connectivity index (χ1) is 8.65. The summed E-state index contributed by atoms with van der Waals surface area (Å²) in [6, 6.07) is 1.64. The van der Waals surface area contributed by atoms with Crippen LogP contribution in [0.15, 0.2) is 21.5 Å². The maximum atomic E-state index is 11.6. The molecule has 0 radical (unpaired) electrons. The van der Waals surface area contributed by atoms with Gasteiger partial charge in [-0.25, -0.2) is 0 Å². The number of aromatic nitrogens is 3. The van der Waals surface area contributed by atoms with Gasteiger partial charge in [0, 0.05) is 22.0 Å². The molecule has 2 aromatic heterocycles. The van der Waals surface area contributed by atoms with Crippen LogP contribution in [0.1, 0.15) is 12.8 Å². The van der Waals surface area contributed by atoms with Crippen LogP contribution in [-0.4, -0.2) is 21.1 Å². The van der Waals surface area contributed by atoms with E-state index in [0.29, 0.717) is 15.7 Å². The maximum absolute atomic E-state index is 11.6. The van der Waals surface area contributed by atoms with Crippen molar-refractivity contribution in [2.75, 3.05) is 5.32 Å². The van der Waals surface area contributed by atoms with Crippen LogP contribution in [0.4, 0.5) is 5.82 Å². The molecule has 0 bridgehead atoms. The molecule has 0 saturated heterocycles. The average Bonchev–Trinajstić information content (AvgIpc) is 3.18. The van der Waals surface area contributed by atoms with Crippen LogP contribution >= 0.6 is 15.9 Å². The van der Waals surface area contributed by atoms with Crippen LogP contribution in [0.25, 0.3) is 10.9 Å². The smallest absolute Gasteiger partial charge is 0.276 e. The minimum Gasteiger partial charge on any atom is -0.326 e. The van der Waals surface area contributed by atoms with Gasteiger partial charge in [0.15, 0.2) is 11.3 Å². The van der Waals surface area contributed by atoms with Crippen molar-refractivity contribution in [2.24, 2.45) is 5.92 Å². The Morgan fingerprint density at radius 3 is 2.94 bits per heavy atom. The van der Waals surface area contributed by atoms with Gasteiger partial charge in [0.1, 0.15) is 0 Å². The van der Waals surface area contributed by atoms with E-state index in [-0.39, 0.29) is 22.9 Å². The van der Waals surface area contributed by atoms with Gasteiger partial charge in [-0.3, -0.25) is 9.59 Å². The van der Waals surface area contributed by atoms with Gasteiger partial charge in [0.25, 0.3) is 5.56 Å². The third kappa shape index (κ3) is 2.01. The summed E-state index contributed by atoms with van der Waals surface area (Å²) in [7, 11) is 0. The van der Waals surface area contributed by atoms with Crippen molar-refractivity contribution in [2.45, 2.75) is 12.8 Å². The number of nitrogens with one attached hydrogen (secondary N) is 2. The molecule has 0 aromatic carbocycles. The number of fused-ring (bicyclic) bond motifs is 1. The van der Waals surface area contributed by atoms with E-state index in [0.717, 1.165) is 12.8 Å². The Balaban J connectivity index is 2.02. The lowest BCUT2D eigenvalue weighted by molar-refractivity contribution is -0.117. The quantitative estimate of drug-likeness (QED) is 0.878. The molecular weight excluding hydrogens is 300 g/mol. The average molecular weight is 309 g/mol. The van der Waals surface area contributed by atoms with Crippen molar-refractivity contribution in [1.29, 1.82) is 0 Å². The Kier molecular flexibility index (Phi) is 2.62. The van der Waals surface area contributed by atoms with Gasteiger partial charge in [0.05, 0.1) is 0 Å². The Morgan fingerprint density at radius 1 is 1.44 bits per heavy atom. The molecule has 18 heavy (non-hydrogen) atoms. The zero-order valence-corrected chi connectivity index (χ0v) is 10.8. The molecule has 2 heterocycles. The van der Waals surface area contributed by atoms with E-state index in [1.54, 1.807) is 12.3 Å². The molecule has 1 fully saturated rings. The predicted octanol–water partition coefficient (Wildman–Crippen LogP) is 1.43. The van der Waals surface area contributed by atoms with Crippen molar-refractivity contribution in [3.05, 3.63) is 27.1 Å². The summed E-state index contributed by atoms with van der Waals surface area (Å²) in [5.41, 5.74) is -0.0606. The van der Waals surface area contributed by atoms with Gasteiger partial charge in [-0.05, 0) is 34.8 Å². The number of hydrogen-bond donors (Lipinski definition) is 2. The Morgan fingerprint density at radius 2 is 2.22 bits per heavy atom. The fourth-order valence-electron chi connectivity index (χ4n) is 1.65. The summed E-state index contributed by atoms with van der Waals surface area (Å²) in [6.45, 7) is 0. The number of halogens is 1. The Labute approximate surface area is 110 Å². The molecule has 2 N–H and O–H groups in total. The summed E-state index contributed by atoms with van der Waals surface area (Å²) >= 11 is 3.32. The van der Waals surface area contributed by atoms with Crippen LogP contribution in [0.3, 0.4) is 0 Å². The lowest BCUT2D eigenvalue weighted by atomic mass is 10.3. The number of aromatic amines is 1. The van der Waals surface area contributed by atoms with Gasteiger partial charge in [-0.15, -0.1) is 10.2 Å². The molecule has 0 unspecified atom stereocenters. The number of hydrogen-bond acceptors (Lipinski definition) is 4. The first kappa shape index (κ1) is 11.3.